The Labute approximate surface area is 120 Å². The number of hydrogen-bond donors (Lipinski definition) is 1. The lowest BCUT2D eigenvalue weighted by molar-refractivity contribution is 0.459. The summed E-state index contributed by atoms with van der Waals surface area (Å²) >= 11 is 0. The van der Waals surface area contributed by atoms with Gasteiger partial charge in [-0.1, -0.05) is 26.0 Å². The molecule has 106 valence electrons. The first kappa shape index (κ1) is 13.4. The Bertz CT molecular complexity index is 586. The molecule has 3 rings (SSSR count). The van der Waals surface area contributed by atoms with Crippen LogP contribution in [-0.2, 0) is 19.4 Å². The van der Waals surface area contributed by atoms with Gasteiger partial charge in [0, 0.05) is 5.56 Å². The maximum atomic E-state index is 5.84. The molecule has 1 N–H and O–H groups in total. The maximum Gasteiger partial charge on any atom is 0.208 e. The highest BCUT2D eigenvalue weighted by Gasteiger charge is 2.13. The summed E-state index contributed by atoms with van der Waals surface area (Å²) in [7, 11) is 0. The van der Waals surface area contributed by atoms with Crippen molar-refractivity contribution in [2.75, 3.05) is 6.54 Å². The van der Waals surface area contributed by atoms with Gasteiger partial charge in [-0.05, 0) is 48.9 Å². The summed E-state index contributed by atoms with van der Waals surface area (Å²) in [4.78, 5) is 4.35. The molecule has 0 unspecified atom stereocenters. The van der Waals surface area contributed by atoms with Gasteiger partial charge in [-0.3, -0.25) is 0 Å². The van der Waals surface area contributed by atoms with Crippen LogP contribution in [-0.4, -0.2) is 11.5 Å². The molecule has 0 saturated heterocycles. The first-order valence-electron chi connectivity index (χ1n) is 7.50. The Morgan fingerprint density at radius 1 is 1.25 bits per heavy atom. The molecule has 1 aliphatic rings. The molecule has 1 aromatic heterocycles. The third-order valence-electron chi connectivity index (χ3n) is 3.77. The molecule has 0 atom stereocenters. The molecule has 1 aromatic carbocycles. The monoisotopic (exact) mass is 270 g/mol. The molecular weight excluding hydrogens is 248 g/mol. The second-order valence-corrected chi connectivity index (χ2v) is 5.98. The van der Waals surface area contributed by atoms with Gasteiger partial charge in [-0.2, -0.15) is 0 Å². The van der Waals surface area contributed by atoms with Crippen LogP contribution in [0.25, 0.3) is 11.3 Å². The van der Waals surface area contributed by atoms with Crippen LogP contribution < -0.4 is 5.32 Å². The van der Waals surface area contributed by atoms with Crippen LogP contribution in [0.5, 0.6) is 0 Å². The Hall–Kier alpha value is -1.61. The highest BCUT2D eigenvalue weighted by molar-refractivity contribution is 5.59. The lowest BCUT2D eigenvalue weighted by Gasteiger charge is -2.04. The van der Waals surface area contributed by atoms with E-state index in [-0.39, 0.29) is 0 Å². The van der Waals surface area contributed by atoms with Crippen LogP contribution in [0.4, 0.5) is 0 Å². The lowest BCUT2D eigenvalue weighted by Crippen LogP contribution is -2.18. The molecule has 0 fully saturated rings. The molecule has 0 spiro atoms. The fraction of sp³-hybridized carbons (Fsp3) is 0.471. The average molecular weight is 270 g/mol. The number of aryl methyl sites for hydroxylation is 2. The molecule has 0 bridgehead atoms. The zero-order valence-corrected chi connectivity index (χ0v) is 12.3. The third-order valence-corrected chi connectivity index (χ3v) is 3.77. The first-order chi connectivity index (χ1) is 9.72. The lowest BCUT2D eigenvalue weighted by atomic mass is 10.1. The predicted octanol–water partition coefficient (Wildman–Crippen LogP) is 3.58. The van der Waals surface area contributed by atoms with Crippen LogP contribution in [0.15, 0.2) is 28.8 Å². The van der Waals surface area contributed by atoms with Crippen LogP contribution in [0.2, 0.25) is 0 Å². The van der Waals surface area contributed by atoms with Crippen LogP contribution in [0, 0.1) is 5.92 Å². The summed E-state index contributed by atoms with van der Waals surface area (Å²) in [5.74, 6) is 2.28. The van der Waals surface area contributed by atoms with E-state index in [2.05, 4.69) is 42.3 Å². The quantitative estimate of drug-likeness (QED) is 0.902. The first-order valence-corrected chi connectivity index (χ1v) is 7.50. The molecule has 3 nitrogen and oxygen atoms in total. The van der Waals surface area contributed by atoms with Gasteiger partial charge < -0.3 is 9.73 Å². The van der Waals surface area contributed by atoms with E-state index in [1.54, 1.807) is 0 Å². The van der Waals surface area contributed by atoms with Gasteiger partial charge in [-0.15, -0.1) is 0 Å². The third kappa shape index (κ3) is 2.93. The van der Waals surface area contributed by atoms with E-state index in [4.69, 9.17) is 4.42 Å². The molecule has 1 aliphatic carbocycles. The van der Waals surface area contributed by atoms with Crippen molar-refractivity contribution in [2.24, 2.45) is 5.92 Å². The number of nitrogens with one attached hydrogen (secondary N) is 1. The molecule has 0 amide bonds. The summed E-state index contributed by atoms with van der Waals surface area (Å²) in [5, 5.41) is 3.35. The number of benzene rings is 1. The molecule has 20 heavy (non-hydrogen) atoms. The molecule has 0 aliphatic heterocycles. The van der Waals surface area contributed by atoms with E-state index < -0.39 is 0 Å². The zero-order valence-electron chi connectivity index (χ0n) is 12.3. The number of oxazole rings is 1. The standard InChI is InChI=1S/C17H22N2O/c1-12(2)9-18-11-17-19-10-16(20-17)15-7-6-13-4-3-5-14(13)8-15/h6-8,10,12,18H,3-5,9,11H2,1-2H3. The van der Waals surface area contributed by atoms with E-state index in [1.165, 1.54) is 30.4 Å². The van der Waals surface area contributed by atoms with Gasteiger partial charge in [0.1, 0.15) is 0 Å². The predicted molar refractivity (Wildman–Crippen MR) is 80.5 cm³/mol. The minimum absolute atomic E-state index is 0.640. The summed E-state index contributed by atoms with van der Waals surface area (Å²) in [6, 6.07) is 6.64. The van der Waals surface area contributed by atoms with E-state index >= 15 is 0 Å². The van der Waals surface area contributed by atoms with Crippen molar-refractivity contribution in [3.8, 4) is 11.3 Å². The second kappa shape index (κ2) is 5.80. The van der Waals surface area contributed by atoms with E-state index in [0.29, 0.717) is 12.5 Å². The molecule has 0 radical (unpaired) electrons. The smallest absolute Gasteiger partial charge is 0.208 e. The molecule has 3 heteroatoms. The largest absolute Gasteiger partial charge is 0.439 e. The van der Waals surface area contributed by atoms with Gasteiger partial charge in [0.2, 0.25) is 5.89 Å². The number of rotatable bonds is 5. The molecule has 1 heterocycles. The Morgan fingerprint density at radius 2 is 2.10 bits per heavy atom. The van der Waals surface area contributed by atoms with Gasteiger partial charge in [0.05, 0.1) is 12.7 Å². The van der Waals surface area contributed by atoms with Gasteiger partial charge >= 0.3 is 0 Å². The minimum atomic E-state index is 0.640. The number of fused-ring (bicyclic) bond motifs is 1. The second-order valence-electron chi connectivity index (χ2n) is 5.98. The maximum absolute atomic E-state index is 5.84. The number of nitrogens with zero attached hydrogens (tertiary/aromatic N) is 1. The SMILES string of the molecule is CC(C)CNCc1ncc(-c2ccc3c(c2)CCC3)o1. The van der Waals surface area contributed by atoms with Gasteiger partial charge in [0.25, 0.3) is 0 Å². The van der Waals surface area contributed by atoms with E-state index in [9.17, 15) is 0 Å². The molecule has 2 aromatic rings. The highest BCUT2D eigenvalue weighted by Crippen LogP contribution is 2.28. The van der Waals surface area contributed by atoms with Crippen molar-refractivity contribution in [3.05, 3.63) is 41.4 Å². The van der Waals surface area contributed by atoms with Crippen molar-refractivity contribution in [2.45, 2.75) is 39.7 Å². The summed E-state index contributed by atoms with van der Waals surface area (Å²) in [6.07, 6.45) is 5.53. The van der Waals surface area contributed by atoms with Crippen molar-refractivity contribution in [1.29, 1.82) is 0 Å². The Morgan fingerprint density at radius 3 is 2.95 bits per heavy atom. The highest BCUT2D eigenvalue weighted by atomic mass is 16.4. The van der Waals surface area contributed by atoms with Crippen molar-refractivity contribution >= 4 is 0 Å². The Kier molecular flexibility index (Phi) is 3.88. The minimum Gasteiger partial charge on any atom is -0.439 e. The van der Waals surface area contributed by atoms with E-state index in [1.807, 2.05) is 6.20 Å². The fourth-order valence-electron chi connectivity index (χ4n) is 2.72. The van der Waals surface area contributed by atoms with Crippen molar-refractivity contribution in [1.82, 2.24) is 10.3 Å². The zero-order chi connectivity index (χ0) is 13.9. The molecular formula is C17H22N2O. The average Bonchev–Trinajstić information content (AvgIpc) is 3.05. The molecule has 0 saturated carbocycles. The fourth-order valence-corrected chi connectivity index (χ4v) is 2.72. The number of aromatic nitrogens is 1. The Balaban J connectivity index is 1.70. The van der Waals surface area contributed by atoms with Crippen LogP contribution >= 0.6 is 0 Å². The van der Waals surface area contributed by atoms with Crippen LogP contribution in [0.3, 0.4) is 0 Å². The van der Waals surface area contributed by atoms with Crippen LogP contribution in [0.1, 0.15) is 37.3 Å². The van der Waals surface area contributed by atoms with E-state index in [0.717, 1.165) is 23.8 Å². The summed E-state index contributed by atoms with van der Waals surface area (Å²) in [5.41, 5.74) is 4.11. The number of hydrogen-bond acceptors (Lipinski definition) is 3. The summed E-state index contributed by atoms with van der Waals surface area (Å²) in [6.45, 7) is 6.07. The van der Waals surface area contributed by atoms with Gasteiger partial charge in [-0.25, -0.2) is 4.98 Å². The van der Waals surface area contributed by atoms with Gasteiger partial charge in [0.15, 0.2) is 5.76 Å². The van der Waals surface area contributed by atoms with Crippen molar-refractivity contribution in [3.63, 3.8) is 0 Å². The summed E-state index contributed by atoms with van der Waals surface area (Å²) < 4.78 is 5.84. The van der Waals surface area contributed by atoms with Crippen molar-refractivity contribution < 1.29 is 4.42 Å². The topological polar surface area (TPSA) is 38.1 Å². The normalized spacial score (nSPS) is 13.9.